The van der Waals surface area contributed by atoms with E-state index in [1.165, 1.54) is 13.0 Å². The maximum Gasteiger partial charge on any atom is 0.341 e. The number of hydrogen-bond acceptors (Lipinski definition) is 4. The second kappa shape index (κ2) is 7.85. The normalized spacial score (nSPS) is 11.1. The van der Waals surface area contributed by atoms with Crippen LogP contribution in [0.25, 0.3) is 6.08 Å². The highest BCUT2D eigenvalue weighted by molar-refractivity contribution is 9.10. The Kier molecular flexibility index (Phi) is 6.45. The molecule has 1 rings (SSSR count). The van der Waals surface area contributed by atoms with Gasteiger partial charge in [-0.05, 0) is 45.0 Å². The summed E-state index contributed by atoms with van der Waals surface area (Å²) >= 11 is 3.36. The fraction of sp³-hybridized carbons (Fsp3) is 0.333. The first-order valence-corrected chi connectivity index (χ1v) is 7.11. The number of esters is 1. The highest BCUT2D eigenvalue weighted by atomic mass is 79.9. The quantitative estimate of drug-likeness (QED) is 0.344. The van der Waals surface area contributed by atoms with Crippen LogP contribution in [0.2, 0.25) is 0 Å². The second-order valence-corrected chi connectivity index (χ2v) is 4.87. The van der Waals surface area contributed by atoms with Crippen molar-refractivity contribution in [3.8, 4) is 5.75 Å². The Labute approximate surface area is 126 Å². The van der Waals surface area contributed by atoms with E-state index in [1.54, 1.807) is 19.1 Å². The van der Waals surface area contributed by atoms with Crippen molar-refractivity contribution in [2.75, 3.05) is 13.2 Å². The van der Waals surface area contributed by atoms with Gasteiger partial charge in [-0.3, -0.25) is 4.79 Å². The molecule has 0 amide bonds. The van der Waals surface area contributed by atoms with E-state index in [0.29, 0.717) is 17.9 Å². The van der Waals surface area contributed by atoms with E-state index < -0.39 is 5.97 Å². The molecule has 1 aromatic rings. The fourth-order valence-electron chi connectivity index (χ4n) is 1.59. The number of benzene rings is 1. The zero-order valence-corrected chi connectivity index (χ0v) is 13.3. The van der Waals surface area contributed by atoms with Crippen LogP contribution in [0.4, 0.5) is 0 Å². The Balaban J connectivity index is 3.25. The van der Waals surface area contributed by atoms with Crippen molar-refractivity contribution in [3.05, 3.63) is 33.8 Å². The fourth-order valence-corrected chi connectivity index (χ4v) is 1.97. The van der Waals surface area contributed by atoms with Gasteiger partial charge in [-0.25, -0.2) is 4.79 Å². The first-order chi connectivity index (χ1) is 9.49. The van der Waals surface area contributed by atoms with Gasteiger partial charge in [-0.15, -0.1) is 0 Å². The Hall–Kier alpha value is -1.62. The number of rotatable bonds is 6. The molecule has 108 valence electrons. The van der Waals surface area contributed by atoms with Gasteiger partial charge >= 0.3 is 5.97 Å². The Morgan fingerprint density at radius 3 is 2.50 bits per heavy atom. The number of ether oxygens (including phenoxy) is 2. The summed E-state index contributed by atoms with van der Waals surface area (Å²) in [6, 6.07) is 5.40. The lowest BCUT2D eigenvalue weighted by Gasteiger charge is -2.09. The van der Waals surface area contributed by atoms with Crippen molar-refractivity contribution in [1.82, 2.24) is 0 Å². The van der Waals surface area contributed by atoms with Crippen LogP contribution in [0.3, 0.4) is 0 Å². The molecule has 0 fully saturated rings. The molecule has 1 aromatic carbocycles. The van der Waals surface area contributed by atoms with Crippen molar-refractivity contribution in [3.63, 3.8) is 0 Å². The van der Waals surface area contributed by atoms with Crippen LogP contribution < -0.4 is 4.74 Å². The number of carbonyl (C=O) groups excluding carboxylic acids is 2. The molecule has 0 spiro atoms. The van der Waals surface area contributed by atoms with E-state index in [0.717, 1.165) is 4.47 Å². The smallest absolute Gasteiger partial charge is 0.341 e. The van der Waals surface area contributed by atoms with Crippen molar-refractivity contribution < 1.29 is 19.1 Å². The number of halogens is 1. The van der Waals surface area contributed by atoms with Gasteiger partial charge in [-0.1, -0.05) is 15.9 Å². The lowest BCUT2D eigenvalue weighted by Crippen LogP contribution is -2.13. The van der Waals surface area contributed by atoms with Crippen LogP contribution in [0.15, 0.2) is 28.2 Å². The molecule has 0 atom stereocenters. The van der Waals surface area contributed by atoms with Crippen LogP contribution in [0.1, 0.15) is 26.3 Å². The molecule has 0 N–H and O–H groups in total. The van der Waals surface area contributed by atoms with Crippen molar-refractivity contribution in [2.45, 2.75) is 20.8 Å². The standard InChI is InChI=1S/C15H17BrO4/c1-4-19-14-7-6-12(16)8-11(14)9-13(10(3)17)15(18)20-5-2/h6-9H,4-5H2,1-3H3/b13-9-. The lowest BCUT2D eigenvalue weighted by molar-refractivity contribution is -0.139. The Morgan fingerprint density at radius 2 is 1.95 bits per heavy atom. The summed E-state index contributed by atoms with van der Waals surface area (Å²) in [6.07, 6.45) is 1.50. The molecule has 20 heavy (non-hydrogen) atoms. The molecule has 0 bridgehead atoms. The summed E-state index contributed by atoms with van der Waals surface area (Å²) in [5, 5.41) is 0. The zero-order valence-electron chi connectivity index (χ0n) is 11.7. The largest absolute Gasteiger partial charge is 0.493 e. The van der Waals surface area contributed by atoms with Gasteiger partial charge in [0, 0.05) is 10.0 Å². The van der Waals surface area contributed by atoms with Crippen LogP contribution >= 0.6 is 15.9 Å². The molecule has 0 saturated heterocycles. The van der Waals surface area contributed by atoms with Crippen LogP contribution in [-0.4, -0.2) is 25.0 Å². The van der Waals surface area contributed by atoms with Crippen LogP contribution in [0.5, 0.6) is 5.75 Å². The van der Waals surface area contributed by atoms with Crippen molar-refractivity contribution in [1.29, 1.82) is 0 Å². The monoisotopic (exact) mass is 340 g/mol. The third-order valence-corrected chi connectivity index (χ3v) is 2.94. The molecular formula is C15H17BrO4. The van der Waals surface area contributed by atoms with Crippen molar-refractivity contribution >= 4 is 33.8 Å². The first-order valence-electron chi connectivity index (χ1n) is 6.31. The highest BCUT2D eigenvalue weighted by Crippen LogP contribution is 2.26. The van der Waals surface area contributed by atoms with Gasteiger partial charge < -0.3 is 9.47 Å². The lowest BCUT2D eigenvalue weighted by atomic mass is 10.1. The average molecular weight is 341 g/mol. The highest BCUT2D eigenvalue weighted by Gasteiger charge is 2.16. The summed E-state index contributed by atoms with van der Waals surface area (Å²) in [4.78, 5) is 23.4. The molecule has 4 nitrogen and oxygen atoms in total. The number of Topliss-reactive ketones (excluding diaryl/α,β-unsaturated/α-hetero) is 1. The maximum absolute atomic E-state index is 11.8. The minimum Gasteiger partial charge on any atom is -0.493 e. The molecule has 0 unspecified atom stereocenters. The number of carbonyl (C=O) groups is 2. The van der Waals surface area contributed by atoms with E-state index in [9.17, 15) is 9.59 Å². The van der Waals surface area contributed by atoms with Crippen LogP contribution in [0, 0.1) is 0 Å². The van der Waals surface area contributed by atoms with Gasteiger partial charge in [0.1, 0.15) is 11.3 Å². The topological polar surface area (TPSA) is 52.6 Å². The van der Waals surface area contributed by atoms with Crippen LogP contribution in [-0.2, 0) is 14.3 Å². The molecule has 0 heterocycles. The van der Waals surface area contributed by atoms with E-state index in [4.69, 9.17) is 9.47 Å². The first kappa shape index (κ1) is 16.4. The van der Waals surface area contributed by atoms with E-state index in [-0.39, 0.29) is 18.0 Å². The summed E-state index contributed by atoms with van der Waals surface area (Å²) in [5.74, 6) is -0.355. The van der Waals surface area contributed by atoms with E-state index >= 15 is 0 Å². The third kappa shape index (κ3) is 4.49. The van der Waals surface area contributed by atoms with Gasteiger partial charge in [0.05, 0.1) is 13.2 Å². The maximum atomic E-state index is 11.8. The zero-order chi connectivity index (χ0) is 15.1. The number of ketones is 1. The molecule has 0 saturated carbocycles. The van der Waals surface area contributed by atoms with E-state index in [1.807, 2.05) is 13.0 Å². The summed E-state index contributed by atoms with van der Waals surface area (Å²) in [5.41, 5.74) is 0.658. The van der Waals surface area contributed by atoms with Gasteiger partial charge in [0.15, 0.2) is 5.78 Å². The second-order valence-electron chi connectivity index (χ2n) is 3.95. The molecule has 0 aliphatic heterocycles. The van der Waals surface area contributed by atoms with Gasteiger partial charge in [-0.2, -0.15) is 0 Å². The predicted octanol–water partition coefficient (Wildman–Crippen LogP) is 3.38. The summed E-state index contributed by atoms with van der Waals surface area (Å²) in [7, 11) is 0. The molecule has 0 aliphatic carbocycles. The molecule has 0 aliphatic rings. The Bertz CT molecular complexity index is 535. The SMILES string of the molecule is CCOC(=O)/C(=C\c1cc(Br)ccc1OCC)C(C)=O. The number of hydrogen-bond donors (Lipinski definition) is 0. The molecule has 0 aromatic heterocycles. The minimum absolute atomic E-state index is 0.00547. The molecule has 0 radical (unpaired) electrons. The van der Waals surface area contributed by atoms with E-state index in [2.05, 4.69) is 15.9 Å². The van der Waals surface area contributed by atoms with Crippen molar-refractivity contribution in [2.24, 2.45) is 0 Å². The third-order valence-electron chi connectivity index (χ3n) is 2.45. The summed E-state index contributed by atoms with van der Waals surface area (Å²) < 4.78 is 11.2. The predicted molar refractivity (Wildman–Crippen MR) is 80.6 cm³/mol. The Morgan fingerprint density at radius 1 is 1.25 bits per heavy atom. The van der Waals surface area contributed by atoms with Gasteiger partial charge in [0.2, 0.25) is 0 Å². The molecule has 5 heteroatoms. The summed E-state index contributed by atoms with van der Waals surface area (Å²) in [6.45, 7) is 5.62. The average Bonchev–Trinajstić information content (AvgIpc) is 2.38. The van der Waals surface area contributed by atoms with Gasteiger partial charge in [0.25, 0.3) is 0 Å². The molecular weight excluding hydrogens is 324 g/mol. The minimum atomic E-state index is -0.623.